The van der Waals surface area contributed by atoms with Crippen molar-refractivity contribution in [3.05, 3.63) is 0 Å². The third-order valence-electron chi connectivity index (χ3n) is 1.20. The largest absolute Gasteiger partial charge is 0.296 e. The topological polar surface area (TPSA) is 92.3 Å². The van der Waals surface area contributed by atoms with Crippen LogP contribution >= 0.6 is 0 Å². The Labute approximate surface area is 67.3 Å². The minimum absolute atomic E-state index is 0.0833. The van der Waals surface area contributed by atoms with Gasteiger partial charge in [0.05, 0.1) is 0 Å². The fourth-order valence-corrected chi connectivity index (χ4v) is 0.566. The van der Waals surface area contributed by atoms with Crippen molar-refractivity contribution in [1.82, 2.24) is 10.6 Å². The zero-order valence-corrected chi connectivity index (χ0v) is 6.05. The van der Waals surface area contributed by atoms with Crippen molar-refractivity contribution in [1.29, 1.82) is 0 Å². The molecule has 0 spiro atoms. The molecule has 2 heterocycles. The molecular formula is C6H6N2O4. The second-order valence-electron chi connectivity index (χ2n) is 2.30. The van der Waals surface area contributed by atoms with Crippen LogP contribution in [0.5, 0.6) is 0 Å². The fourth-order valence-electron chi connectivity index (χ4n) is 0.566. The van der Waals surface area contributed by atoms with E-state index < -0.39 is 0 Å². The summed E-state index contributed by atoms with van der Waals surface area (Å²) in [4.78, 5) is 39.1. The first-order chi connectivity index (χ1) is 5.58. The highest BCUT2D eigenvalue weighted by Gasteiger charge is 2.20. The molecule has 0 aliphatic carbocycles. The van der Waals surface area contributed by atoms with Crippen LogP contribution in [-0.2, 0) is 19.2 Å². The minimum Gasteiger partial charge on any atom is -0.296 e. The number of rotatable bonds is 0. The Balaban J connectivity index is 0.000000120. The van der Waals surface area contributed by atoms with Gasteiger partial charge in [0.15, 0.2) is 0 Å². The molecular weight excluding hydrogens is 164 g/mol. The summed E-state index contributed by atoms with van der Waals surface area (Å²) in [6.07, 6.45) is 0.167. The first kappa shape index (κ1) is 8.38. The summed E-state index contributed by atoms with van der Waals surface area (Å²) >= 11 is 0. The summed E-state index contributed by atoms with van der Waals surface area (Å²) < 4.78 is 0. The maximum Gasteiger partial charge on any atom is 0.236 e. The molecule has 2 saturated heterocycles. The van der Waals surface area contributed by atoms with Crippen LogP contribution in [0.2, 0.25) is 0 Å². The molecule has 2 aliphatic heterocycles. The molecule has 0 bridgehead atoms. The van der Waals surface area contributed by atoms with Crippen LogP contribution < -0.4 is 10.6 Å². The number of hydrogen-bond acceptors (Lipinski definition) is 4. The van der Waals surface area contributed by atoms with Gasteiger partial charge in [0, 0.05) is 0 Å². The fraction of sp³-hybridized carbons (Fsp3) is 0.333. The summed E-state index contributed by atoms with van der Waals surface area (Å²) in [6.45, 7) is 0. The number of nitrogens with one attached hydrogen (secondary N) is 2. The van der Waals surface area contributed by atoms with E-state index in [-0.39, 0.29) is 36.5 Å². The van der Waals surface area contributed by atoms with Gasteiger partial charge >= 0.3 is 0 Å². The Morgan fingerprint density at radius 3 is 0.833 bits per heavy atom. The van der Waals surface area contributed by atoms with Crippen LogP contribution in [0.4, 0.5) is 0 Å². The molecule has 64 valence electrons. The molecule has 6 nitrogen and oxygen atoms in total. The smallest absolute Gasteiger partial charge is 0.236 e. The van der Waals surface area contributed by atoms with Crippen LogP contribution in [0.1, 0.15) is 12.8 Å². The van der Waals surface area contributed by atoms with E-state index in [0.29, 0.717) is 0 Å². The number of carbonyl (C=O) groups is 4. The third kappa shape index (κ3) is 2.15. The van der Waals surface area contributed by atoms with E-state index in [1.807, 2.05) is 10.6 Å². The molecule has 2 N–H and O–H groups in total. The lowest BCUT2D eigenvalue weighted by molar-refractivity contribution is -0.142. The molecule has 0 aromatic heterocycles. The molecule has 6 heteroatoms. The molecule has 0 saturated carbocycles. The zero-order chi connectivity index (χ0) is 9.14. The first-order valence-corrected chi connectivity index (χ1v) is 3.23. The summed E-state index contributed by atoms with van der Waals surface area (Å²) in [5, 5.41) is 4.06. The summed E-state index contributed by atoms with van der Waals surface area (Å²) in [5.41, 5.74) is 0. The minimum atomic E-state index is -0.167. The maximum atomic E-state index is 9.78. The summed E-state index contributed by atoms with van der Waals surface area (Å²) in [6, 6.07) is 0. The number of β-lactam (4-membered cyclic amide) rings is 4. The average molecular weight is 170 g/mol. The average Bonchev–Trinajstić information content (AvgIpc) is 1.84. The Hall–Kier alpha value is -1.72. The highest BCUT2D eigenvalue weighted by atomic mass is 16.2. The van der Waals surface area contributed by atoms with Crippen LogP contribution in [0.15, 0.2) is 0 Å². The first-order valence-electron chi connectivity index (χ1n) is 3.23. The standard InChI is InChI=1S/2C3H3NO2/c2*5-2-1-3(6)4-2/h2*1H2,(H,4,5,6). The molecule has 0 aromatic carbocycles. The van der Waals surface area contributed by atoms with Gasteiger partial charge in [-0.3, -0.25) is 29.8 Å². The highest BCUT2D eigenvalue weighted by Crippen LogP contribution is 1.89. The van der Waals surface area contributed by atoms with Crippen molar-refractivity contribution in [2.24, 2.45) is 0 Å². The Morgan fingerprint density at radius 2 is 0.833 bits per heavy atom. The van der Waals surface area contributed by atoms with E-state index in [4.69, 9.17) is 0 Å². The van der Waals surface area contributed by atoms with Gasteiger partial charge in [-0.25, -0.2) is 0 Å². The maximum absolute atomic E-state index is 9.78. The third-order valence-corrected chi connectivity index (χ3v) is 1.20. The van der Waals surface area contributed by atoms with Gasteiger partial charge in [-0.1, -0.05) is 0 Å². The van der Waals surface area contributed by atoms with Crippen molar-refractivity contribution in [3.8, 4) is 0 Å². The SMILES string of the molecule is O=C1CC(=O)N1.O=C1CC(=O)N1. The number of imide groups is 2. The van der Waals surface area contributed by atoms with Crippen molar-refractivity contribution < 1.29 is 19.2 Å². The van der Waals surface area contributed by atoms with Gasteiger partial charge in [-0.2, -0.15) is 0 Å². The van der Waals surface area contributed by atoms with E-state index in [9.17, 15) is 19.2 Å². The van der Waals surface area contributed by atoms with Crippen LogP contribution in [0.25, 0.3) is 0 Å². The van der Waals surface area contributed by atoms with Crippen molar-refractivity contribution >= 4 is 23.6 Å². The summed E-state index contributed by atoms with van der Waals surface area (Å²) in [5.74, 6) is -0.667. The predicted octanol–water partition coefficient (Wildman–Crippen LogP) is -1.93. The second-order valence-corrected chi connectivity index (χ2v) is 2.30. The van der Waals surface area contributed by atoms with E-state index in [2.05, 4.69) is 0 Å². The number of carbonyl (C=O) groups excluding carboxylic acids is 4. The van der Waals surface area contributed by atoms with Crippen molar-refractivity contribution in [3.63, 3.8) is 0 Å². The second kappa shape index (κ2) is 3.12. The van der Waals surface area contributed by atoms with Crippen LogP contribution in [0, 0.1) is 0 Å². The Kier molecular flexibility index (Phi) is 2.18. The predicted molar refractivity (Wildman–Crippen MR) is 35.5 cm³/mol. The lowest BCUT2D eigenvalue weighted by Gasteiger charge is -2.08. The van der Waals surface area contributed by atoms with E-state index in [0.717, 1.165) is 0 Å². The molecule has 12 heavy (non-hydrogen) atoms. The summed E-state index contributed by atoms with van der Waals surface area (Å²) in [7, 11) is 0. The normalized spacial score (nSPS) is 19.3. The molecule has 0 unspecified atom stereocenters. The van der Waals surface area contributed by atoms with Crippen LogP contribution in [-0.4, -0.2) is 23.6 Å². The molecule has 2 aliphatic rings. The molecule has 0 radical (unpaired) electrons. The lowest BCUT2D eigenvalue weighted by atomic mass is 10.3. The van der Waals surface area contributed by atoms with E-state index in [1.54, 1.807) is 0 Å². The molecule has 2 fully saturated rings. The molecule has 0 aromatic rings. The van der Waals surface area contributed by atoms with Gasteiger partial charge in [0.1, 0.15) is 12.8 Å². The molecule has 2 rings (SSSR count). The Bertz CT molecular complexity index is 199. The quantitative estimate of drug-likeness (QED) is 0.327. The number of amides is 4. The van der Waals surface area contributed by atoms with Crippen molar-refractivity contribution in [2.75, 3.05) is 0 Å². The van der Waals surface area contributed by atoms with Gasteiger partial charge in [-0.15, -0.1) is 0 Å². The van der Waals surface area contributed by atoms with E-state index in [1.165, 1.54) is 0 Å². The highest BCUT2D eigenvalue weighted by molar-refractivity contribution is 6.15. The monoisotopic (exact) mass is 170 g/mol. The Morgan fingerprint density at radius 1 is 0.667 bits per heavy atom. The van der Waals surface area contributed by atoms with Crippen molar-refractivity contribution in [2.45, 2.75) is 12.8 Å². The van der Waals surface area contributed by atoms with Gasteiger partial charge in [0.2, 0.25) is 23.6 Å². The van der Waals surface area contributed by atoms with E-state index >= 15 is 0 Å². The molecule has 0 atom stereocenters. The lowest BCUT2D eigenvalue weighted by Crippen LogP contribution is -2.43. The zero-order valence-electron chi connectivity index (χ0n) is 6.05. The molecule has 4 amide bonds. The van der Waals surface area contributed by atoms with Gasteiger partial charge < -0.3 is 0 Å². The van der Waals surface area contributed by atoms with Gasteiger partial charge in [-0.05, 0) is 0 Å². The van der Waals surface area contributed by atoms with Crippen LogP contribution in [0.3, 0.4) is 0 Å². The number of hydrogen-bond donors (Lipinski definition) is 2. The van der Waals surface area contributed by atoms with Gasteiger partial charge in [0.25, 0.3) is 0 Å².